The third kappa shape index (κ3) is 3.32. The molecule has 0 unspecified atom stereocenters. The van der Waals surface area contributed by atoms with Crippen LogP contribution in [0.2, 0.25) is 0 Å². The Morgan fingerprint density at radius 3 is 2.28 bits per heavy atom. The molecule has 0 fully saturated rings. The highest BCUT2D eigenvalue weighted by Gasteiger charge is 2.03. The maximum atomic E-state index is 8.95. The summed E-state index contributed by atoms with van der Waals surface area (Å²) < 4.78 is 5.66. The summed E-state index contributed by atoms with van der Waals surface area (Å²) in [4.78, 5) is 0. The quantitative estimate of drug-likeness (QED) is 0.847. The highest BCUT2D eigenvalue weighted by Crippen LogP contribution is 2.17. The highest BCUT2D eigenvalue weighted by atomic mass is 16.5. The summed E-state index contributed by atoms with van der Waals surface area (Å²) in [5, 5.41) is 8.95. The molecule has 0 aromatic heterocycles. The maximum Gasteiger partial charge on any atom is 0.119 e. The zero-order valence-electron chi connectivity index (χ0n) is 10.1. The molecule has 0 aliphatic heterocycles. The fourth-order valence-corrected chi connectivity index (χ4v) is 1.66. The molecule has 2 aromatic carbocycles. The van der Waals surface area contributed by atoms with Crippen molar-refractivity contribution in [1.82, 2.24) is 0 Å². The predicted molar refractivity (Wildman–Crippen MR) is 71.2 cm³/mol. The third-order valence-corrected chi connectivity index (χ3v) is 2.75. The molecule has 0 radical (unpaired) electrons. The van der Waals surface area contributed by atoms with Crippen LogP contribution in [0.3, 0.4) is 0 Å². The van der Waals surface area contributed by atoms with E-state index in [0.29, 0.717) is 6.61 Å². The number of benzene rings is 2. The van der Waals surface area contributed by atoms with Crippen molar-refractivity contribution in [3.8, 4) is 5.75 Å². The number of ether oxygens (including phenoxy) is 1. The van der Waals surface area contributed by atoms with Gasteiger partial charge in [-0.3, -0.25) is 0 Å². The van der Waals surface area contributed by atoms with E-state index in [2.05, 4.69) is 0 Å². The molecule has 2 rings (SSSR count). The molecule has 3 heteroatoms. The van der Waals surface area contributed by atoms with Crippen molar-refractivity contribution in [1.29, 1.82) is 0 Å². The lowest BCUT2D eigenvalue weighted by molar-refractivity contribution is 0.267. The average molecular weight is 243 g/mol. The van der Waals surface area contributed by atoms with E-state index in [1.54, 1.807) is 0 Å². The Balaban J connectivity index is 1.94. The summed E-state index contributed by atoms with van der Waals surface area (Å²) >= 11 is 0. The minimum absolute atomic E-state index is 0.0514. The fourth-order valence-electron chi connectivity index (χ4n) is 1.66. The van der Waals surface area contributed by atoms with Crippen LogP contribution in [0, 0.1) is 0 Å². The van der Waals surface area contributed by atoms with Gasteiger partial charge in [-0.25, -0.2) is 0 Å². The number of aliphatic hydroxyl groups excluding tert-OH is 1. The first-order valence-corrected chi connectivity index (χ1v) is 5.92. The molecule has 0 spiro atoms. The van der Waals surface area contributed by atoms with Gasteiger partial charge in [0.25, 0.3) is 0 Å². The van der Waals surface area contributed by atoms with Gasteiger partial charge < -0.3 is 15.6 Å². The van der Waals surface area contributed by atoms with Crippen molar-refractivity contribution in [2.75, 3.05) is 6.61 Å². The predicted octanol–water partition coefficient (Wildman–Crippen LogP) is 2.26. The van der Waals surface area contributed by atoms with E-state index < -0.39 is 0 Å². The van der Waals surface area contributed by atoms with Crippen LogP contribution in [0.5, 0.6) is 5.75 Å². The minimum Gasteiger partial charge on any atom is -0.489 e. The Bertz CT molecular complexity index is 468. The standard InChI is InChI=1S/C15H17NO2/c16-15(10-17)13-6-8-14(9-7-13)18-11-12-4-2-1-3-5-12/h1-9,15,17H,10-11,16H2/t15-/m1/s1. The first-order chi connectivity index (χ1) is 8.79. The summed E-state index contributed by atoms with van der Waals surface area (Å²) in [5.41, 5.74) is 7.76. The van der Waals surface area contributed by atoms with Gasteiger partial charge in [0.2, 0.25) is 0 Å². The van der Waals surface area contributed by atoms with Gasteiger partial charge in [0, 0.05) is 0 Å². The molecule has 0 aliphatic carbocycles. The molecule has 1 atom stereocenters. The van der Waals surface area contributed by atoms with Gasteiger partial charge in [-0.1, -0.05) is 42.5 Å². The van der Waals surface area contributed by atoms with Crippen LogP contribution in [0.15, 0.2) is 54.6 Å². The SMILES string of the molecule is N[C@H](CO)c1ccc(OCc2ccccc2)cc1. The average Bonchev–Trinajstić information content (AvgIpc) is 2.46. The molecular formula is C15H17NO2. The lowest BCUT2D eigenvalue weighted by Gasteiger charge is -2.10. The van der Waals surface area contributed by atoms with Crippen molar-refractivity contribution >= 4 is 0 Å². The highest BCUT2D eigenvalue weighted by molar-refractivity contribution is 5.29. The number of hydrogen-bond acceptors (Lipinski definition) is 3. The zero-order valence-corrected chi connectivity index (χ0v) is 10.1. The van der Waals surface area contributed by atoms with E-state index >= 15 is 0 Å². The second kappa shape index (κ2) is 6.19. The number of hydrogen-bond donors (Lipinski definition) is 2. The summed E-state index contributed by atoms with van der Waals surface area (Å²) in [7, 11) is 0. The van der Waals surface area contributed by atoms with Gasteiger partial charge in [0.15, 0.2) is 0 Å². The normalized spacial score (nSPS) is 12.1. The largest absolute Gasteiger partial charge is 0.489 e. The van der Waals surface area contributed by atoms with Gasteiger partial charge in [0.1, 0.15) is 12.4 Å². The Kier molecular flexibility index (Phi) is 4.34. The number of aliphatic hydroxyl groups is 1. The molecule has 0 saturated carbocycles. The Morgan fingerprint density at radius 2 is 1.67 bits per heavy atom. The van der Waals surface area contributed by atoms with Crippen molar-refractivity contribution in [2.45, 2.75) is 12.6 Å². The van der Waals surface area contributed by atoms with Crippen LogP contribution < -0.4 is 10.5 Å². The van der Waals surface area contributed by atoms with E-state index in [1.165, 1.54) is 0 Å². The van der Waals surface area contributed by atoms with E-state index in [0.717, 1.165) is 16.9 Å². The molecule has 0 amide bonds. The fraction of sp³-hybridized carbons (Fsp3) is 0.200. The third-order valence-electron chi connectivity index (χ3n) is 2.75. The van der Waals surface area contributed by atoms with Gasteiger partial charge in [0.05, 0.1) is 12.6 Å². The van der Waals surface area contributed by atoms with Crippen LogP contribution >= 0.6 is 0 Å². The molecule has 18 heavy (non-hydrogen) atoms. The van der Waals surface area contributed by atoms with E-state index in [-0.39, 0.29) is 12.6 Å². The molecule has 0 heterocycles. The summed E-state index contributed by atoms with van der Waals surface area (Å²) in [6, 6.07) is 17.2. The lowest BCUT2D eigenvalue weighted by atomic mass is 10.1. The van der Waals surface area contributed by atoms with Crippen molar-refractivity contribution in [2.24, 2.45) is 5.73 Å². The Labute approximate surface area is 107 Å². The second-order valence-electron chi connectivity index (χ2n) is 4.13. The van der Waals surface area contributed by atoms with E-state index in [1.807, 2.05) is 54.6 Å². The van der Waals surface area contributed by atoms with Crippen molar-refractivity contribution < 1.29 is 9.84 Å². The van der Waals surface area contributed by atoms with E-state index in [4.69, 9.17) is 15.6 Å². The number of rotatable bonds is 5. The van der Waals surface area contributed by atoms with Gasteiger partial charge >= 0.3 is 0 Å². The molecule has 2 aromatic rings. The first kappa shape index (κ1) is 12.6. The summed E-state index contributed by atoms with van der Waals surface area (Å²) in [6.45, 7) is 0.496. The smallest absolute Gasteiger partial charge is 0.119 e. The molecule has 0 aliphatic rings. The summed E-state index contributed by atoms with van der Waals surface area (Å²) in [5.74, 6) is 0.799. The molecule has 94 valence electrons. The Hall–Kier alpha value is -1.84. The van der Waals surface area contributed by atoms with Gasteiger partial charge in [-0.2, -0.15) is 0 Å². The number of nitrogens with two attached hydrogens (primary N) is 1. The second-order valence-corrected chi connectivity index (χ2v) is 4.13. The van der Waals surface area contributed by atoms with Crippen molar-refractivity contribution in [3.05, 3.63) is 65.7 Å². The van der Waals surface area contributed by atoms with Gasteiger partial charge in [-0.05, 0) is 23.3 Å². The summed E-state index contributed by atoms with van der Waals surface area (Å²) in [6.07, 6.45) is 0. The molecule has 0 bridgehead atoms. The Morgan fingerprint density at radius 1 is 1.00 bits per heavy atom. The topological polar surface area (TPSA) is 55.5 Å². The van der Waals surface area contributed by atoms with Crippen LogP contribution in [0.1, 0.15) is 17.2 Å². The lowest BCUT2D eigenvalue weighted by Crippen LogP contribution is -2.14. The first-order valence-electron chi connectivity index (χ1n) is 5.92. The zero-order chi connectivity index (χ0) is 12.8. The van der Waals surface area contributed by atoms with Crippen LogP contribution in [0.25, 0.3) is 0 Å². The van der Waals surface area contributed by atoms with Crippen LogP contribution in [-0.4, -0.2) is 11.7 Å². The minimum atomic E-state index is -0.326. The van der Waals surface area contributed by atoms with Crippen LogP contribution in [0.4, 0.5) is 0 Å². The molecule has 3 nitrogen and oxygen atoms in total. The van der Waals surface area contributed by atoms with Crippen molar-refractivity contribution in [3.63, 3.8) is 0 Å². The molecule has 0 saturated heterocycles. The molecule has 3 N–H and O–H groups in total. The van der Waals surface area contributed by atoms with Crippen LogP contribution in [-0.2, 0) is 6.61 Å². The molecular weight excluding hydrogens is 226 g/mol. The van der Waals surface area contributed by atoms with Gasteiger partial charge in [-0.15, -0.1) is 0 Å². The monoisotopic (exact) mass is 243 g/mol. The maximum absolute atomic E-state index is 8.95. The van der Waals surface area contributed by atoms with E-state index in [9.17, 15) is 0 Å².